The van der Waals surface area contributed by atoms with Gasteiger partial charge in [0, 0.05) is 10.8 Å². The van der Waals surface area contributed by atoms with Crippen molar-refractivity contribution >= 4 is 49.8 Å². The zero-order chi connectivity index (χ0) is 21.2. The number of phenolic OH excluding ortho intramolecular Hbond substituents is 1. The summed E-state index contributed by atoms with van der Waals surface area (Å²) in [5.41, 5.74) is 7.66. The first kappa shape index (κ1) is 20.7. The highest BCUT2D eigenvalue weighted by atomic mass is 32.2. The Morgan fingerprint density at radius 1 is 1.17 bits per heavy atom. The number of nitrogens with two attached hydrogens (primary N) is 1. The van der Waals surface area contributed by atoms with Crippen LogP contribution in [0.4, 0.5) is 5.69 Å². The number of hydrogen-bond acceptors (Lipinski definition) is 5. The third kappa shape index (κ3) is 4.36. The van der Waals surface area contributed by atoms with Crippen LogP contribution in [0.15, 0.2) is 63.3 Å². The lowest BCUT2D eigenvalue weighted by Gasteiger charge is -2.15. The fourth-order valence-electron chi connectivity index (χ4n) is 3.00. The number of anilines is 1. The molecule has 3 aromatic rings. The maximum absolute atomic E-state index is 13.0. The van der Waals surface area contributed by atoms with Crippen LogP contribution in [-0.4, -0.2) is 25.0 Å². The number of hydrogen-bond donors (Lipinski definition) is 4. The predicted molar refractivity (Wildman–Crippen MR) is 119 cm³/mol. The van der Waals surface area contributed by atoms with E-state index in [-0.39, 0.29) is 15.8 Å². The smallest absolute Gasteiger partial charge is 0.262 e. The van der Waals surface area contributed by atoms with Crippen LogP contribution < -0.4 is 10.5 Å². The Balaban J connectivity index is 2.14. The molecule has 0 radical (unpaired) electrons. The number of thioether (sulfide) groups is 1. The minimum Gasteiger partial charge on any atom is -0.506 e. The SMILES string of the molecule is Cc1ccc(S(=O)(=O)Nc2cc(SC(N)=NC=N)c(O)c3ccccc23)c(C)c1. The monoisotopic (exact) mass is 428 g/mol. The van der Waals surface area contributed by atoms with Crippen molar-refractivity contribution in [3.8, 4) is 5.75 Å². The van der Waals surface area contributed by atoms with Gasteiger partial charge in [0.15, 0.2) is 5.17 Å². The van der Waals surface area contributed by atoms with E-state index in [0.717, 1.165) is 23.7 Å². The molecular weight excluding hydrogens is 408 g/mol. The summed E-state index contributed by atoms with van der Waals surface area (Å²) in [7, 11) is -3.86. The van der Waals surface area contributed by atoms with Gasteiger partial charge in [0.2, 0.25) is 0 Å². The molecule has 0 amide bonds. The van der Waals surface area contributed by atoms with Gasteiger partial charge in [-0.25, -0.2) is 13.4 Å². The minimum absolute atomic E-state index is 0.0387. The largest absolute Gasteiger partial charge is 0.506 e. The van der Waals surface area contributed by atoms with Crippen molar-refractivity contribution in [1.82, 2.24) is 0 Å². The molecular formula is C20H20N4O3S2. The van der Waals surface area contributed by atoms with Gasteiger partial charge in [-0.3, -0.25) is 10.1 Å². The lowest BCUT2D eigenvalue weighted by molar-refractivity contribution is 0.469. The molecule has 150 valence electrons. The zero-order valence-corrected chi connectivity index (χ0v) is 17.4. The molecule has 29 heavy (non-hydrogen) atoms. The first-order chi connectivity index (χ1) is 13.7. The summed E-state index contributed by atoms with van der Waals surface area (Å²) in [6.07, 6.45) is 0.796. The van der Waals surface area contributed by atoms with E-state index in [1.54, 1.807) is 49.4 Å². The fraction of sp³-hybridized carbons (Fsp3) is 0.100. The van der Waals surface area contributed by atoms with E-state index in [1.165, 1.54) is 6.07 Å². The number of aliphatic imine (C=N–C) groups is 1. The maximum Gasteiger partial charge on any atom is 0.262 e. The molecule has 0 aliphatic carbocycles. The summed E-state index contributed by atoms with van der Waals surface area (Å²) in [6.45, 7) is 3.64. The van der Waals surface area contributed by atoms with Crippen molar-refractivity contribution < 1.29 is 13.5 Å². The van der Waals surface area contributed by atoms with Crippen molar-refractivity contribution in [2.75, 3.05) is 4.72 Å². The Labute approximate surface area is 173 Å². The standard InChI is InChI=1S/C20H20N4O3S2/c1-12-7-8-18(13(2)9-12)29(26,27)24-16-10-17(28-20(22)23-11-21)19(25)15-6-4-3-5-14(15)16/h3-11,24-25H,1-2H3,(H3,21,22,23). The number of nitrogens with zero attached hydrogens (tertiary/aromatic N) is 1. The first-order valence-corrected chi connectivity index (χ1v) is 10.9. The van der Waals surface area contributed by atoms with Crippen molar-refractivity contribution in [1.29, 1.82) is 5.41 Å². The lowest BCUT2D eigenvalue weighted by atomic mass is 10.1. The molecule has 0 saturated carbocycles. The number of sulfonamides is 1. The van der Waals surface area contributed by atoms with E-state index in [9.17, 15) is 13.5 Å². The van der Waals surface area contributed by atoms with E-state index in [0.29, 0.717) is 26.9 Å². The molecule has 3 rings (SSSR count). The second-order valence-electron chi connectivity index (χ2n) is 6.39. The number of aryl methyl sites for hydroxylation is 2. The molecule has 0 unspecified atom stereocenters. The summed E-state index contributed by atoms with van der Waals surface area (Å²) < 4.78 is 28.7. The average Bonchev–Trinajstić information content (AvgIpc) is 2.65. The van der Waals surface area contributed by atoms with Crippen molar-refractivity contribution in [2.45, 2.75) is 23.6 Å². The maximum atomic E-state index is 13.0. The molecule has 0 spiro atoms. The van der Waals surface area contributed by atoms with Crippen LogP contribution in [0.25, 0.3) is 10.8 Å². The molecule has 3 aromatic carbocycles. The molecule has 5 N–H and O–H groups in total. The van der Waals surface area contributed by atoms with Gasteiger partial charge < -0.3 is 10.8 Å². The Kier molecular flexibility index (Phi) is 5.81. The number of amidine groups is 1. The highest BCUT2D eigenvalue weighted by molar-refractivity contribution is 8.14. The van der Waals surface area contributed by atoms with Crippen LogP contribution in [0.2, 0.25) is 0 Å². The Bertz CT molecular complexity index is 1240. The van der Waals surface area contributed by atoms with Crippen LogP contribution in [-0.2, 0) is 10.0 Å². The number of aromatic hydroxyl groups is 1. The molecule has 0 atom stereocenters. The minimum atomic E-state index is -3.86. The van der Waals surface area contributed by atoms with E-state index >= 15 is 0 Å². The van der Waals surface area contributed by atoms with Crippen LogP contribution in [0.1, 0.15) is 11.1 Å². The molecule has 9 heteroatoms. The number of benzene rings is 3. The number of nitrogens with one attached hydrogen (secondary N) is 2. The quantitative estimate of drug-likeness (QED) is 0.211. The molecule has 0 saturated heterocycles. The second-order valence-corrected chi connectivity index (χ2v) is 9.10. The third-order valence-corrected chi connectivity index (χ3v) is 6.62. The van der Waals surface area contributed by atoms with Gasteiger partial charge in [-0.1, -0.05) is 42.0 Å². The number of rotatable bonds is 5. The van der Waals surface area contributed by atoms with Gasteiger partial charge in [-0.05, 0) is 43.3 Å². The van der Waals surface area contributed by atoms with Gasteiger partial charge in [-0.2, -0.15) is 0 Å². The molecule has 0 aromatic heterocycles. The average molecular weight is 429 g/mol. The Morgan fingerprint density at radius 3 is 2.52 bits per heavy atom. The molecule has 0 fully saturated rings. The second kappa shape index (κ2) is 8.14. The van der Waals surface area contributed by atoms with E-state index in [4.69, 9.17) is 11.1 Å². The molecule has 0 heterocycles. The summed E-state index contributed by atoms with van der Waals surface area (Å²) in [4.78, 5) is 4.17. The van der Waals surface area contributed by atoms with Gasteiger partial charge in [0.05, 0.1) is 15.5 Å². The van der Waals surface area contributed by atoms with Gasteiger partial charge in [0.25, 0.3) is 10.0 Å². The van der Waals surface area contributed by atoms with E-state index in [1.807, 2.05) is 6.92 Å². The van der Waals surface area contributed by atoms with Crippen LogP contribution in [0, 0.1) is 19.3 Å². The number of phenols is 1. The Morgan fingerprint density at radius 2 is 1.86 bits per heavy atom. The van der Waals surface area contributed by atoms with Crippen molar-refractivity contribution in [2.24, 2.45) is 10.7 Å². The summed E-state index contributed by atoms with van der Waals surface area (Å²) in [5.74, 6) is -0.0387. The Hall–Kier alpha value is -3.04. The lowest BCUT2D eigenvalue weighted by Crippen LogP contribution is -2.15. The highest BCUT2D eigenvalue weighted by Gasteiger charge is 2.20. The predicted octanol–water partition coefficient (Wildman–Crippen LogP) is 3.98. The third-order valence-electron chi connectivity index (χ3n) is 4.25. The van der Waals surface area contributed by atoms with E-state index < -0.39 is 10.0 Å². The fourth-order valence-corrected chi connectivity index (χ4v) is 5.01. The summed E-state index contributed by atoms with van der Waals surface area (Å²) in [5, 5.41) is 18.7. The molecule has 0 aliphatic rings. The van der Waals surface area contributed by atoms with E-state index in [2.05, 4.69) is 9.71 Å². The van der Waals surface area contributed by atoms with Crippen LogP contribution >= 0.6 is 11.8 Å². The number of fused-ring (bicyclic) bond motifs is 1. The first-order valence-electron chi connectivity index (χ1n) is 8.58. The van der Waals surface area contributed by atoms with Gasteiger partial charge in [0.1, 0.15) is 12.1 Å². The molecule has 7 nitrogen and oxygen atoms in total. The normalized spacial score (nSPS) is 12.1. The summed E-state index contributed by atoms with van der Waals surface area (Å²) >= 11 is 0.942. The van der Waals surface area contributed by atoms with Crippen LogP contribution in [0.3, 0.4) is 0 Å². The topological polar surface area (TPSA) is 129 Å². The highest BCUT2D eigenvalue weighted by Crippen LogP contribution is 2.40. The van der Waals surface area contributed by atoms with Crippen molar-refractivity contribution in [3.05, 3.63) is 59.7 Å². The molecule has 0 aliphatic heterocycles. The van der Waals surface area contributed by atoms with Crippen molar-refractivity contribution in [3.63, 3.8) is 0 Å². The molecule has 0 bridgehead atoms. The summed E-state index contributed by atoms with van der Waals surface area (Å²) in [6, 6.07) is 13.5. The van der Waals surface area contributed by atoms with Crippen LogP contribution in [0.5, 0.6) is 5.75 Å². The zero-order valence-electron chi connectivity index (χ0n) is 15.8. The van der Waals surface area contributed by atoms with Gasteiger partial charge in [-0.15, -0.1) is 0 Å². The van der Waals surface area contributed by atoms with Gasteiger partial charge >= 0.3 is 0 Å².